The Morgan fingerprint density at radius 1 is 1.14 bits per heavy atom. The molecule has 0 bridgehead atoms. The molecule has 0 spiro atoms. The van der Waals surface area contributed by atoms with Gasteiger partial charge in [0.05, 0.1) is 18.8 Å². The molecule has 0 aliphatic carbocycles. The lowest BCUT2D eigenvalue weighted by Gasteiger charge is -2.32. The van der Waals surface area contributed by atoms with Crippen LogP contribution in [0.25, 0.3) is 0 Å². The summed E-state index contributed by atoms with van der Waals surface area (Å²) in [7, 11) is 0. The predicted octanol–water partition coefficient (Wildman–Crippen LogP) is 4.64. The number of aryl methyl sites for hydroxylation is 1. The molecule has 192 valence electrons. The number of ether oxygens (including phenoxy) is 1. The van der Waals surface area contributed by atoms with Crippen molar-refractivity contribution >= 4 is 5.91 Å². The minimum Gasteiger partial charge on any atom is -0.493 e. The molecule has 0 fully saturated rings. The first-order chi connectivity index (χ1) is 16.4. The van der Waals surface area contributed by atoms with Crippen molar-refractivity contribution in [2.24, 2.45) is 5.41 Å². The van der Waals surface area contributed by atoms with Gasteiger partial charge in [-0.05, 0) is 53.5 Å². The van der Waals surface area contributed by atoms with Crippen LogP contribution in [0.1, 0.15) is 69.3 Å². The maximum absolute atomic E-state index is 13.7. The lowest BCUT2D eigenvalue weighted by molar-refractivity contribution is -0.120. The molecule has 3 N–H and O–H groups in total. The number of halogens is 2. The van der Waals surface area contributed by atoms with E-state index in [0.717, 1.165) is 36.6 Å². The Bertz CT molecular complexity index is 1020. The summed E-state index contributed by atoms with van der Waals surface area (Å²) in [6.07, 6.45) is 1.71. The molecule has 3 atom stereocenters. The van der Waals surface area contributed by atoms with Crippen molar-refractivity contribution in [2.45, 2.75) is 78.5 Å². The van der Waals surface area contributed by atoms with E-state index in [0.29, 0.717) is 12.2 Å². The first-order valence-corrected chi connectivity index (χ1v) is 12.4. The third-order valence-corrected chi connectivity index (χ3v) is 6.20. The van der Waals surface area contributed by atoms with Crippen LogP contribution in [0, 0.1) is 17.0 Å². The van der Waals surface area contributed by atoms with Crippen LogP contribution in [0.3, 0.4) is 0 Å². The van der Waals surface area contributed by atoms with Crippen LogP contribution in [0.2, 0.25) is 0 Å². The van der Waals surface area contributed by atoms with Crippen LogP contribution < -0.4 is 15.4 Å². The average Bonchev–Trinajstić information content (AvgIpc) is 2.74. The van der Waals surface area contributed by atoms with Crippen LogP contribution in [0.4, 0.5) is 8.78 Å². The maximum atomic E-state index is 13.7. The Kier molecular flexibility index (Phi) is 8.89. The highest BCUT2D eigenvalue weighted by molar-refractivity contribution is 5.73. The molecule has 1 aliphatic heterocycles. The van der Waals surface area contributed by atoms with Gasteiger partial charge >= 0.3 is 0 Å². The normalized spacial score (nSPS) is 17.3. The minimum atomic E-state index is -0.958. The Morgan fingerprint density at radius 2 is 1.83 bits per heavy atom. The van der Waals surface area contributed by atoms with Crippen molar-refractivity contribution in [3.63, 3.8) is 0 Å². The summed E-state index contributed by atoms with van der Waals surface area (Å²) in [5.41, 5.74) is 4.05. The van der Waals surface area contributed by atoms with Gasteiger partial charge < -0.3 is 20.5 Å². The molecular weight excluding hydrogens is 450 g/mol. The van der Waals surface area contributed by atoms with Crippen molar-refractivity contribution in [2.75, 3.05) is 13.2 Å². The molecule has 0 saturated carbocycles. The quantitative estimate of drug-likeness (QED) is 0.481. The fraction of sp³-hybridized carbons (Fsp3) is 0.536. The number of fused-ring (bicyclic) bond motifs is 1. The average molecular weight is 489 g/mol. The van der Waals surface area contributed by atoms with Gasteiger partial charge in [0.15, 0.2) is 0 Å². The van der Waals surface area contributed by atoms with Gasteiger partial charge in [-0.1, -0.05) is 39.8 Å². The highest BCUT2D eigenvalue weighted by atomic mass is 19.1. The predicted molar refractivity (Wildman–Crippen MR) is 134 cm³/mol. The summed E-state index contributed by atoms with van der Waals surface area (Å²) in [5, 5.41) is 17.1. The SMILES string of the molecule is CCc1cc(CC(C)(C)C)cc2c1OCCC2NC[C@@H](O)[C@H](Cc1cc(F)cc(F)c1)NC(C)=O. The van der Waals surface area contributed by atoms with Crippen molar-refractivity contribution in [1.82, 2.24) is 10.6 Å². The van der Waals surface area contributed by atoms with Crippen molar-refractivity contribution < 1.29 is 23.4 Å². The van der Waals surface area contributed by atoms with Gasteiger partial charge in [-0.3, -0.25) is 4.79 Å². The minimum absolute atomic E-state index is 0.0109. The third-order valence-electron chi connectivity index (χ3n) is 6.20. The van der Waals surface area contributed by atoms with E-state index in [-0.39, 0.29) is 30.3 Å². The molecule has 1 amide bonds. The molecule has 0 saturated heterocycles. The summed E-state index contributed by atoms with van der Waals surface area (Å²) < 4.78 is 33.4. The molecule has 2 aromatic carbocycles. The zero-order valence-corrected chi connectivity index (χ0v) is 21.4. The van der Waals surface area contributed by atoms with Gasteiger partial charge in [0.2, 0.25) is 5.91 Å². The summed E-state index contributed by atoms with van der Waals surface area (Å²) >= 11 is 0. The highest BCUT2D eigenvalue weighted by Crippen LogP contribution is 2.38. The number of benzene rings is 2. The van der Waals surface area contributed by atoms with Crippen LogP contribution in [-0.2, 0) is 24.1 Å². The van der Waals surface area contributed by atoms with E-state index in [4.69, 9.17) is 4.74 Å². The molecule has 1 heterocycles. The summed E-state index contributed by atoms with van der Waals surface area (Å²) in [4.78, 5) is 11.8. The fourth-order valence-corrected chi connectivity index (χ4v) is 4.77. The maximum Gasteiger partial charge on any atom is 0.217 e. The highest BCUT2D eigenvalue weighted by Gasteiger charge is 2.28. The van der Waals surface area contributed by atoms with E-state index in [1.807, 2.05) is 0 Å². The third kappa shape index (κ3) is 7.74. The van der Waals surface area contributed by atoms with E-state index >= 15 is 0 Å². The Balaban J connectivity index is 1.77. The summed E-state index contributed by atoms with van der Waals surface area (Å²) in [6, 6.07) is 6.96. The largest absolute Gasteiger partial charge is 0.493 e. The molecule has 2 aromatic rings. The number of aliphatic hydroxyl groups excluding tert-OH is 1. The van der Waals surface area contributed by atoms with Gasteiger partial charge in [-0.25, -0.2) is 8.78 Å². The molecule has 7 heteroatoms. The van der Waals surface area contributed by atoms with Gasteiger partial charge in [0, 0.05) is 37.6 Å². The summed E-state index contributed by atoms with van der Waals surface area (Å²) in [5.74, 6) is -0.782. The Hall–Kier alpha value is -2.51. The lowest BCUT2D eigenvalue weighted by Crippen LogP contribution is -2.48. The van der Waals surface area contributed by atoms with Gasteiger partial charge in [0.25, 0.3) is 0 Å². The van der Waals surface area contributed by atoms with Crippen molar-refractivity contribution in [3.8, 4) is 5.75 Å². The number of carbonyl (C=O) groups is 1. The zero-order chi connectivity index (χ0) is 25.8. The van der Waals surface area contributed by atoms with E-state index in [2.05, 4.69) is 50.5 Å². The monoisotopic (exact) mass is 488 g/mol. The van der Waals surface area contributed by atoms with Crippen LogP contribution in [0.5, 0.6) is 5.75 Å². The number of aliphatic hydroxyl groups is 1. The lowest BCUT2D eigenvalue weighted by atomic mass is 9.85. The van der Waals surface area contributed by atoms with E-state index < -0.39 is 23.8 Å². The number of hydrogen-bond donors (Lipinski definition) is 3. The van der Waals surface area contributed by atoms with E-state index in [1.54, 1.807) is 0 Å². The van der Waals surface area contributed by atoms with Gasteiger partial charge in [-0.2, -0.15) is 0 Å². The molecule has 35 heavy (non-hydrogen) atoms. The molecule has 0 aromatic heterocycles. The van der Waals surface area contributed by atoms with E-state index in [1.165, 1.54) is 30.2 Å². The second-order valence-electron chi connectivity index (χ2n) is 10.7. The first-order valence-electron chi connectivity index (χ1n) is 12.4. The Labute approximate surface area is 207 Å². The topological polar surface area (TPSA) is 70.6 Å². The molecule has 5 nitrogen and oxygen atoms in total. The summed E-state index contributed by atoms with van der Waals surface area (Å²) in [6.45, 7) is 10.9. The molecule has 1 aliphatic rings. The number of nitrogens with one attached hydrogen (secondary N) is 2. The van der Waals surface area contributed by atoms with Gasteiger partial charge in [0.1, 0.15) is 17.4 Å². The second-order valence-corrected chi connectivity index (χ2v) is 10.7. The standard InChI is InChI=1S/C28H38F2N2O3/c1-6-20-9-19(15-28(3,4)5)12-23-24(7-8-35-27(20)23)31-16-26(34)25(32-17(2)33)13-18-10-21(29)14-22(30)11-18/h9-12,14,24-26,31,34H,6-8,13,15-16H2,1-5H3,(H,32,33)/t24?,25-,26+/m0/s1. The molecule has 0 radical (unpaired) electrons. The molecular formula is C28H38F2N2O3. The number of hydrogen-bond acceptors (Lipinski definition) is 4. The smallest absolute Gasteiger partial charge is 0.217 e. The molecule has 3 rings (SSSR count). The Morgan fingerprint density at radius 3 is 2.43 bits per heavy atom. The van der Waals surface area contributed by atoms with Crippen LogP contribution in [-0.4, -0.2) is 36.3 Å². The van der Waals surface area contributed by atoms with Crippen molar-refractivity contribution in [1.29, 1.82) is 0 Å². The second kappa shape index (κ2) is 11.5. The van der Waals surface area contributed by atoms with E-state index in [9.17, 15) is 18.7 Å². The number of amides is 1. The van der Waals surface area contributed by atoms with Gasteiger partial charge in [-0.15, -0.1) is 0 Å². The van der Waals surface area contributed by atoms with Crippen LogP contribution in [0.15, 0.2) is 30.3 Å². The van der Waals surface area contributed by atoms with Crippen molar-refractivity contribution in [3.05, 3.63) is 64.2 Å². The number of carbonyl (C=O) groups excluding carboxylic acids is 1. The fourth-order valence-electron chi connectivity index (χ4n) is 4.77. The number of rotatable bonds is 9. The molecule has 1 unspecified atom stereocenters. The zero-order valence-electron chi connectivity index (χ0n) is 21.4. The first kappa shape index (κ1) is 27.1. The van der Waals surface area contributed by atoms with Crippen LogP contribution >= 0.6 is 0 Å².